The van der Waals surface area contributed by atoms with Crippen LogP contribution in [0.5, 0.6) is 34.5 Å². The van der Waals surface area contributed by atoms with Gasteiger partial charge in [0.05, 0.1) is 41.2 Å². The van der Waals surface area contributed by atoms with Gasteiger partial charge in [0.15, 0.2) is 17.2 Å². The van der Waals surface area contributed by atoms with Crippen LogP contribution in [0.4, 0.5) is 22.7 Å². The molecule has 7 N–H and O–H groups in total. The Morgan fingerprint density at radius 2 is 1.53 bits per heavy atom. The quantitative estimate of drug-likeness (QED) is 0.0598. The molecule has 1 amide bonds. The summed E-state index contributed by atoms with van der Waals surface area (Å²) in [5.74, 6) is -7.79. The van der Waals surface area contributed by atoms with Gasteiger partial charge in [0.25, 0.3) is 11.7 Å². The molecule has 0 saturated carbocycles. The van der Waals surface area contributed by atoms with Crippen LogP contribution in [-0.2, 0) is 23.8 Å². The van der Waals surface area contributed by atoms with Crippen LogP contribution in [0.2, 0.25) is 0 Å². The number of phenolic OH excluding ortho intramolecular Hbond substituents is 3. The van der Waals surface area contributed by atoms with Crippen LogP contribution in [0.3, 0.4) is 0 Å². The minimum Gasteiger partial charge on any atom is -0.507 e. The number of carbonyl (C=O) groups is 3. The number of phenols is 3. The molecule has 4 aliphatic heterocycles. The first-order valence-corrected chi connectivity index (χ1v) is 23.1. The monoisotopic (exact) mass is 942 g/mol. The average Bonchev–Trinajstić information content (AvgIpc) is 3.56. The van der Waals surface area contributed by atoms with Crippen LogP contribution in [0.25, 0.3) is 10.8 Å². The molecule has 0 spiro atoms. The lowest BCUT2D eigenvalue weighted by Crippen LogP contribution is -2.53. The molecule has 368 valence electrons. The topological polar surface area (TPSA) is 229 Å². The second kappa shape index (κ2) is 18.8. The summed E-state index contributed by atoms with van der Waals surface area (Å²) in [5, 5.41) is 64.7. The maximum absolute atomic E-state index is 14.9. The summed E-state index contributed by atoms with van der Waals surface area (Å²) in [6.45, 7) is 22.1. The summed E-state index contributed by atoms with van der Waals surface area (Å²) in [4.78, 5) is 45.9. The molecule has 7 rings (SSSR count). The molecule has 0 aliphatic carbocycles. The number of fused-ring (bicyclic) bond motifs is 2. The number of Topliss-reactive ketones (excluding diaryl/α,β-unsaturated/α-hetero) is 1. The number of allylic oxidation sites excluding steroid dienone is 2. The van der Waals surface area contributed by atoms with E-state index in [0.717, 1.165) is 13.1 Å². The number of hydrogen-bond acceptors (Lipinski definition) is 16. The van der Waals surface area contributed by atoms with E-state index < -0.39 is 83.0 Å². The molecule has 0 radical (unpaired) electrons. The Balaban J connectivity index is 1.38. The second-order valence-electron chi connectivity index (χ2n) is 19.8. The number of anilines is 4. The number of aromatic hydroxyl groups is 3. The SMILES string of the molecule is CO[C@H]1/C=C/O[C@@]2(C)Oc3c(C)c(O)c4c(O)c(c5c(c4c3C2=O)Nc2c(O)cc(N3CCN(C(C)(C)C)CC3)cc2O5)NC(=O)/C(C)=C\C=C\[C@H](C)[C@H](O)[C@@H](C)[C@@H](O)[C@@H](C)[C@H](OC(C)=O)[C@@H]1C. The number of piperazine rings is 1. The summed E-state index contributed by atoms with van der Waals surface area (Å²) >= 11 is 0. The fraction of sp³-hybridized carbons (Fsp3) is 0.510. The predicted molar refractivity (Wildman–Crippen MR) is 257 cm³/mol. The van der Waals surface area contributed by atoms with Crippen molar-refractivity contribution in [3.05, 3.63) is 59.4 Å². The van der Waals surface area contributed by atoms with Gasteiger partial charge in [0.1, 0.15) is 34.7 Å². The molecule has 4 heterocycles. The third-order valence-electron chi connectivity index (χ3n) is 14.1. The maximum atomic E-state index is 14.9. The van der Waals surface area contributed by atoms with Crippen LogP contribution >= 0.6 is 0 Å². The largest absolute Gasteiger partial charge is 0.507 e. The molecular formula is C51H66N4O13. The number of benzene rings is 3. The van der Waals surface area contributed by atoms with Crippen LogP contribution in [0.15, 0.2) is 48.3 Å². The number of ether oxygens (including phenoxy) is 5. The summed E-state index contributed by atoms with van der Waals surface area (Å²) in [5.41, 5.74) is 0.757. The van der Waals surface area contributed by atoms with E-state index in [1.807, 2.05) is 0 Å². The first-order valence-electron chi connectivity index (χ1n) is 23.1. The lowest BCUT2D eigenvalue weighted by Gasteiger charge is -2.43. The van der Waals surface area contributed by atoms with Crippen molar-refractivity contribution in [1.82, 2.24) is 4.90 Å². The van der Waals surface area contributed by atoms with Crippen molar-refractivity contribution in [1.29, 1.82) is 0 Å². The van der Waals surface area contributed by atoms with Crippen molar-refractivity contribution in [3.63, 3.8) is 0 Å². The Kier molecular flexibility index (Phi) is 13.8. The van der Waals surface area contributed by atoms with Crippen molar-refractivity contribution in [2.45, 2.75) is 112 Å². The second-order valence-corrected chi connectivity index (χ2v) is 19.8. The molecule has 4 aliphatic rings. The highest BCUT2D eigenvalue weighted by molar-refractivity contribution is 6.25. The number of aliphatic hydroxyl groups is 2. The van der Waals surface area contributed by atoms with Crippen LogP contribution in [0, 0.1) is 30.6 Å². The number of nitrogens with one attached hydrogen (secondary N) is 2. The van der Waals surface area contributed by atoms with E-state index in [2.05, 4.69) is 41.2 Å². The highest BCUT2D eigenvalue weighted by Crippen LogP contribution is 2.61. The number of rotatable bonds is 3. The first kappa shape index (κ1) is 49.9. The van der Waals surface area contributed by atoms with Crippen LogP contribution < -0.4 is 25.0 Å². The van der Waals surface area contributed by atoms with Crippen molar-refractivity contribution in [3.8, 4) is 34.5 Å². The molecule has 4 bridgehead atoms. The van der Waals surface area contributed by atoms with Gasteiger partial charge < -0.3 is 64.8 Å². The predicted octanol–water partition coefficient (Wildman–Crippen LogP) is 7.52. The summed E-state index contributed by atoms with van der Waals surface area (Å²) in [6, 6.07) is 3.37. The van der Waals surface area contributed by atoms with E-state index in [1.54, 1.807) is 58.9 Å². The fourth-order valence-corrected chi connectivity index (χ4v) is 9.78. The number of hydrogen-bond donors (Lipinski definition) is 7. The van der Waals surface area contributed by atoms with Gasteiger partial charge >= 0.3 is 11.8 Å². The Morgan fingerprint density at radius 3 is 2.16 bits per heavy atom. The Labute approximate surface area is 396 Å². The summed E-state index contributed by atoms with van der Waals surface area (Å²) < 4.78 is 30.6. The zero-order valence-electron chi connectivity index (χ0n) is 40.9. The Morgan fingerprint density at radius 1 is 0.853 bits per heavy atom. The summed E-state index contributed by atoms with van der Waals surface area (Å²) in [7, 11) is 1.45. The fourth-order valence-electron chi connectivity index (χ4n) is 9.78. The Hall–Kier alpha value is -6.01. The van der Waals surface area contributed by atoms with E-state index in [4.69, 9.17) is 23.7 Å². The van der Waals surface area contributed by atoms with Crippen LogP contribution in [-0.4, -0.2) is 117 Å². The molecule has 17 nitrogen and oxygen atoms in total. The van der Waals surface area contributed by atoms with Gasteiger partial charge in [-0.15, -0.1) is 0 Å². The number of esters is 1. The molecule has 3 aromatic carbocycles. The summed E-state index contributed by atoms with van der Waals surface area (Å²) in [6.07, 6.45) is 3.62. The maximum Gasteiger partial charge on any atom is 0.312 e. The van der Waals surface area contributed by atoms with Gasteiger partial charge in [-0.3, -0.25) is 19.3 Å². The van der Waals surface area contributed by atoms with E-state index >= 15 is 0 Å². The highest BCUT2D eigenvalue weighted by Gasteiger charge is 2.50. The van der Waals surface area contributed by atoms with Gasteiger partial charge in [0, 0.05) is 111 Å². The molecule has 9 atom stereocenters. The first-order chi connectivity index (χ1) is 31.9. The van der Waals surface area contributed by atoms with Gasteiger partial charge in [-0.2, -0.15) is 0 Å². The number of amides is 1. The van der Waals surface area contributed by atoms with E-state index in [9.17, 15) is 39.9 Å². The molecule has 0 aromatic heterocycles. The molecular weight excluding hydrogens is 877 g/mol. The molecule has 3 aromatic rings. The number of nitrogens with zero attached hydrogens (tertiary/aromatic N) is 2. The molecule has 17 heteroatoms. The van der Waals surface area contributed by atoms with E-state index in [0.29, 0.717) is 18.8 Å². The molecule has 1 fully saturated rings. The lowest BCUT2D eigenvalue weighted by atomic mass is 9.78. The van der Waals surface area contributed by atoms with Crippen molar-refractivity contribution < 1.29 is 63.6 Å². The van der Waals surface area contributed by atoms with E-state index in [-0.39, 0.29) is 73.1 Å². The Bertz CT molecular complexity index is 2590. The van der Waals surface area contributed by atoms with Crippen molar-refractivity contribution in [2.75, 3.05) is 48.8 Å². The standard InChI is InChI=1S/C51H66N4O13/c1-24-14-13-15-25(2)49(63)53-40-44(61)36-35(39-47(40)67-34-23-31(22-32(57)38(34)52-39)54-17-19-55(20-18-54)50(8,9)10)37-46(29(6)43(36)60)68-51(11,48(37)62)65-21-16-33(64-12)26(3)45(66-30(7)56)28(5)42(59)27(4)41(24)58/h13-16,21-24,26-28,33,41-42,45,52,57-61H,17-20H2,1-12H3,(H,53,63)/b14-13+,21-16+,25-15-/t24-,26+,27+,28+,33-,41-,42+,45+,51-/m0/s1. The van der Waals surface area contributed by atoms with Gasteiger partial charge in [-0.25, -0.2) is 0 Å². The zero-order chi connectivity index (χ0) is 49.9. The normalized spacial score (nSPS) is 29.9. The number of methoxy groups -OCH3 is 1. The zero-order valence-corrected chi connectivity index (χ0v) is 40.9. The minimum absolute atomic E-state index is 0.0195. The van der Waals surface area contributed by atoms with Crippen molar-refractivity contribution in [2.24, 2.45) is 23.7 Å². The number of carbonyl (C=O) groups excluding carboxylic acids is 3. The van der Waals surface area contributed by atoms with E-state index in [1.165, 1.54) is 46.3 Å². The number of ketones is 1. The molecule has 68 heavy (non-hydrogen) atoms. The smallest absolute Gasteiger partial charge is 0.312 e. The van der Waals surface area contributed by atoms with Gasteiger partial charge in [0.2, 0.25) is 0 Å². The average molecular weight is 943 g/mol. The lowest BCUT2D eigenvalue weighted by molar-refractivity contribution is -0.160. The third kappa shape index (κ3) is 9.04. The minimum atomic E-state index is -2.05. The highest BCUT2D eigenvalue weighted by atomic mass is 16.7. The molecule has 0 unspecified atom stereocenters. The molecule has 1 saturated heterocycles. The van der Waals surface area contributed by atoms with Crippen molar-refractivity contribution >= 4 is 51.2 Å². The third-order valence-corrected chi connectivity index (χ3v) is 14.1. The van der Waals surface area contributed by atoms with Crippen LogP contribution in [0.1, 0.15) is 85.2 Å². The number of aliphatic hydroxyl groups excluding tert-OH is 2. The van der Waals surface area contributed by atoms with Gasteiger partial charge in [-0.05, 0) is 40.7 Å². The van der Waals surface area contributed by atoms with Gasteiger partial charge in [-0.1, -0.05) is 45.9 Å².